The van der Waals surface area contributed by atoms with Crippen molar-refractivity contribution in [3.05, 3.63) is 30.0 Å². The number of ether oxygens (including phenoxy) is 1. The van der Waals surface area contributed by atoms with Gasteiger partial charge in [-0.1, -0.05) is 19.8 Å². The first-order valence-corrected chi connectivity index (χ1v) is 13.8. The van der Waals surface area contributed by atoms with Gasteiger partial charge in [0.2, 0.25) is 11.9 Å². The zero-order valence-electron chi connectivity index (χ0n) is 22.9. The smallest absolute Gasteiger partial charge is 0.251 e. The van der Waals surface area contributed by atoms with Crippen molar-refractivity contribution in [2.75, 3.05) is 48.9 Å². The second kappa shape index (κ2) is 11.1. The van der Waals surface area contributed by atoms with Gasteiger partial charge in [-0.2, -0.15) is 4.98 Å². The molecule has 1 saturated carbocycles. The number of carbonyl (C=O) groups is 2. The Labute approximate surface area is 224 Å². The highest BCUT2D eigenvalue weighted by molar-refractivity contribution is 6.04. The summed E-state index contributed by atoms with van der Waals surface area (Å²) in [5.41, 5.74) is 1.94. The second-order valence-electron chi connectivity index (χ2n) is 10.5. The van der Waals surface area contributed by atoms with Crippen molar-refractivity contribution >= 4 is 35.0 Å². The summed E-state index contributed by atoms with van der Waals surface area (Å²) in [6.07, 6.45) is 8.07. The average molecular weight is 522 g/mol. The molecule has 38 heavy (non-hydrogen) atoms. The molecule has 3 aliphatic rings. The highest BCUT2D eigenvalue weighted by atomic mass is 16.5. The van der Waals surface area contributed by atoms with Crippen LogP contribution in [0.5, 0.6) is 5.75 Å². The molecule has 0 radical (unpaired) electrons. The number of fused-ring (bicyclic) bond motifs is 1. The minimum atomic E-state index is -0.278. The predicted octanol–water partition coefficient (Wildman–Crippen LogP) is 3.56. The molecule has 0 bridgehead atoms. The van der Waals surface area contributed by atoms with Gasteiger partial charge in [0.1, 0.15) is 17.5 Å². The van der Waals surface area contributed by atoms with Crippen LogP contribution in [0.1, 0.15) is 62.7 Å². The Morgan fingerprint density at radius 3 is 2.58 bits per heavy atom. The first-order chi connectivity index (χ1) is 18.4. The largest absolute Gasteiger partial charge is 0.495 e. The lowest BCUT2D eigenvalue weighted by molar-refractivity contribution is -0.119. The number of likely N-dealkylation sites (tertiary alicyclic amines) is 1. The lowest BCUT2D eigenvalue weighted by Crippen LogP contribution is -2.54. The number of carbonyl (C=O) groups excluding carboxylic acids is 2. The number of anilines is 4. The van der Waals surface area contributed by atoms with Crippen molar-refractivity contribution in [1.29, 1.82) is 0 Å². The van der Waals surface area contributed by atoms with Gasteiger partial charge in [-0.3, -0.25) is 9.59 Å². The standard InChI is InChI=1S/C28H39N7O3/c1-5-34-14-12-20(13-15-34)30-26(36)19-10-11-22(24(16-19)38-4)31-28-29-17-23-25(32-28)35(21-8-6-7-9-21)18(2)27(37)33(23)3/h10-11,16-18,20-21H,5-9,12-15H2,1-4H3,(H,30,36)(H,29,31,32)/t18-/m1/s1. The lowest BCUT2D eigenvalue weighted by atomic mass is 10.0. The van der Waals surface area contributed by atoms with E-state index < -0.39 is 0 Å². The third kappa shape index (κ3) is 5.14. The third-order valence-electron chi connectivity index (χ3n) is 8.26. The molecule has 10 heteroatoms. The molecule has 1 saturated heterocycles. The first-order valence-electron chi connectivity index (χ1n) is 13.8. The summed E-state index contributed by atoms with van der Waals surface area (Å²) in [5, 5.41) is 6.44. The number of hydrogen-bond acceptors (Lipinski definition) is 8. The van der Waals surface area contributed by atoms with Gasteiger partial charge in [0.05, 0.1) is 19.0 Å². The fourth-order valence-corrected chi connectivity index (χ4v) is 5.94. The molecule has 1 aromatic carbocycles. The summed E-state index contributed by atoms with van der Waals surface area (Å²) in [4.78, 5) is 41.5. The summed E-state index contributed by atoms with van der Waals surface area (Å²) < 4.78 is 5.62. The number of benzene rings is 1. The van der Waals surface area contributed by atoms with Crippen molar-refractivity contribution in [2.45, 2.75) is 70.5 Å². The van der Waals surface area contributed by atoms with E-state index in [-0.39, 0.29) is 23.9 Å². The van der Waals surface area contributed by atoms with E-state index >= 15 is 0 Å². The number of methoxy groups -OCH3 is 1. The molecule has 2 fully saturated rings. The maximum absolute atomic E-state index is 12.9. The maximum Gasteiger partial charge on any atom is 0.251 e. The Balaban J connectivity index is 1.34. The highest BCUT2D eigenvalue weighted by Crippen LogP contribution is 2.39. The molecule has 0 unspecified atom stereocenters. The third-order valence-corrected chi connectivity index (χ3v) is 8.26. The number of aromatic nitrogens is 2. The fraction of sp³-hybridized carbons (Fsp3) is 0.571. The summed E-state index contributed by atoms with van der Waals surface area (Å²) >= 11 is 0. The van der Waals surface area contributed by atoms with Gasteiger partial charge in [-0.25, -0.2) is 4.98 Å². The molecule has 1 aromatic heterocycles. The summed E-state index contributed by atoms with van der Waals surface area (Å²) in [6, 6.07) is 5.57. The van der Waals surface area contributed by atoms with Gasteiger partial charge in [0, 0.05) is 37.8 Å². The van der Waals surface area contributed by atoms with E-state index in [1.807, 2.05) is 13.0 Å². The molecule has 1 aliphatic carbocycles. The van der Waals surface area contributed by atoms with Crippen LogP contribution < -0.4 is 25.2 Å². The van der Waals surface area contributed by atoms with E-state index in [1.54, 1.807) is 37.4 Å². The molecule has 0 spiro atoms. The summed E-state index contributed by atoms with van der Waals surface area (Å²) in [5.74, 6) is 1.69. The van der Waals surface area contributed by atoms with Crippen LogP contribution in [0.3, 0.4) is 0 Å². The number of hydrogen-bond donors (Lipinski definition) is 2. The molecule has 204 valence electrons. The minimum Gasteiger partial charge on any atom is -0.495 e. The lowest BCUT2D eigenvalue weighted by Gasteiger charge is -2.42. The zero-order chi connectivity index (χ0) is 26.8. The van der Waals surface area contributed by atoms with Crippen molar-refractivity contribution in [3.8, 4) is 5.75 Å². The number of amides is 2. The molecule has 2 N–H and O–H groups in total. The molecule has 2 aromatic rings. The maximum atomic E-state index is 12.9. The zero-order valence-corrected chi connectivity index (χ0v) is 22.9. The number of rotatable bonds is 7. The van der Waals surface area contributed by atoms with Crippen molar-refractivity contribution in [2.24, 2.45) is 0 Å². The first kappa shape index (κ1) is 26.2. The van der Waals surface area contributed by atoms with Crippen LogP contribution in [-0.2, 0) is 4.79 Å². The Morgan fingerprint density at radius 1 is 1.16 bits per heavy atom. The molecule has 3 heterocycles. The van der Waals surface area contributed by atoms with Gasteiger partial charge < -0.3 is 30.1 Å². The molecular formula is C28H39N7O3. The monoisotopic (exact) mass is 521 g/mol. The van der Waals surface area contributed by atoms with Crippen LogP contribution in [0.2, 0.25) is 0 Å². The van der Waals surface area contributed by atoms with Gasteiger partial charge in [-0.15, -0.1) is 0 Å². The van der Waals surface area contributed by atoms with Crippen LogP contribution >= 0.6 is 0 Å². The van der Waals surface area contributed by atoms with E-state index in [4.69, 9.17) is 9.72 Å². The van der Waals surface area contributed by atoms with Gasteiger partial charge in [0.25, 0.3) is 5.91 Å². The molecular weight excluding hydrogens is 482 g/mol. The molecule has 1 atom stereocenters. The molecule has 2 aliphatic heterocycles. The average Bonchev–Trinajstić information content (AvgIpc) is 3.47. The van der Waals surface area contributed by atoms with Gasteiger partial charge in [-0.05, 0) is 57.4 Å². The molecule has 5 rings (SSSR count). The molecule has 2 amide bonds. The van der Waals surface area contributed by atoms with E-state index in [1.165, 1.54) is 12.8 Å². The van der Waals surface area contributed by atoms with Crippen molar-refractivity contribution in [1.82, 2.24) is 20.2 Å². The topological polar surface area (TPSA) is 103 Å². The number of piperidine rings is 1. The van der Waals surface area contributed by atoms with Crippen LogP contribution in [0.25, 0.3) is 0 Å². The minimum absolute atomic E-state index is 0.0557. The van der Waals surface area contributed by atoms with E-state index in [9.17, 15) is 9.59 Å². The van der Waals surface area contributed by atoms with Gasteiger partial charge in [0.15, 0.2) is 5.82 Å². The second-order valence-corrected chi connectivity index (χ2v) is 10.5. The number of nitrogens with one attached hydrogen (secondary N) is 2. The van der Waals surface area contributed by atoms with Crippen molar-refractivity contribution < 1.29 is 14.3 Å². The Bertz CT molecular complexity index is 1180. The number of nitrogens with zero attached hydrogens (tertiary/aromatic N) is 5. The quantitative estimate of drug-likeness (QED) is 0.570. The van der Waals surface area contributed by atoms with E-state index in [0.717, 1.165) is 51.1 Å². The summed E-state index contributed by atoms with van der Waals surface area (Å²) in [6.45, 7) is 7.19. The van der Waals surface area contributed by atoms with Crippen LogP contribution in [0.15, 0.2) is 24.4 Å². The van der Waals surface area contributed by atoms with Crippen molar-refractivity contribution in [3.63, 3.8) is 0 Å². The van der Waals surface area contributed by atoms with E-state index in [2.05, 4.69) is 32.3 Å². The Morgan fingerprint density at radius 2 is 1.89 bits per heavy atom. The normalized spacial score (nSPS) is 20.9. The predicted molar refractivity (Wildman–Crippen MR) is 149 cm³/mol. The SMILES string of the molecule is CCN1CCC(NC(=O)c2ccc(Nc3ncc4c(n3)N(C3CCCC3)[C@H](C)C(=O)N4C)c(OC)c2)CC1. The van der Waals surface area contributed by atoms with Gasteiger partial charge >= 0.3 is 0 Å². The summed E-state index contributed by atoms with van der Waals surface area (Å²) in [7, 11) is 3.36. The van der Waals surface area contributed by atoms with E-state index in [0.29, 0.717) is 34.7 Å². The van der Waals surface area contributed by atoms with Crippen LogP contribution in [-0.4, -0.2) is 78.6 Å². The fourth-order valence-electron chi connectivity index (χ4n) is 5.94. The van der Waals surface area contributed by atoms with Crippen LogP contribution in [0, 0.1) is 0 Å². The molecule has 10 nitrogen and oxygen atoms in total. The number of likely N-dealkylation sites (N-methyl/N-ethyl adjacent to an activating group) is 1. The van der Waals surface area contributed by atoms with Crippen LogP contribution in [0.4, 0.5) is 23.1 Å². The Kier molecular flexibility index (Phi) is 7.69. The Hall–Kier alpha value is -3.40. The highest BCUT2D eigenvalue weighted by Gasteiger charge is 2.39.